The molecule has 9 atom stereocenters. The number of aliphatic hydroxyl groups excluding tert-OH is 1. The molecule has 56 heavy (non-hydrogen) atoms. The third-order valence-corrected chi connectivity index (χ3v) is 7.75. The molecule has 0 aromatic heterocycles. The first kappa shape index (κ1) is 49.9. The molecule has 0 aromatic rings. The number of amides is 9. The molecule has 316 valence electrons. The van der Waals surface area contributed by atoms with Crippen molar-refractivity contribution in [3.05, 3.63) is 0 Å². The fraction of sp³-hybridized carbons (Fsp3) is 0.656. The number of nitrogens with one attached hydrogen (secondary N) is 10. The summed E-state index contributed by atoms with van der Waals surface area (Å²) in [6.45, 7) is 9.63. The molecule has 0 heterocycles. The Morgan fingerprint density at radius 2 is 0.786 bits per heavy atom. The highest BCUT2D eigenvalue weighted by Crippen LogP contribution is 2.01. The first-order chi connectivity index (χ1) is 25.9. The predicted octanol–water partition coefficient (Wildman–Crippen LogP) is -8.28. The van der Waals surface area contributed by atoms with E-state index in [9.17, 15) is 53.1 Å². The summed E-state index contributed by atoms with van der Waals surface area (Å²) >= 11 is 0. The first-order valence-electron chi connectivity index (χ1n) is 17.6. The summed E-state index contributed by atoms with van der Waals surface area (Å²) in [5.74, 6) is -8.43. The van der Waals surface area contributed by atoms with Crippen LogP contribution in [0.3, 0.4) is 0 Å². The average molecular weight is 802 g/mol. The molecule has 0 spiro atoms. The summed E-state index contributed by atoms with van der Waals surface area (Å²) in [4.78, 5) is 127. The summed E-state index contributed by atoms with van der Waals surface area (Å²) in [5, 5.41) is 39.7. The van der Waals surface area contributed by atoms with E-state index in [0.29, 0.717) is 0 Å². The molecule has 0 rings (SSSR count). The predicted molar refractivity (Wildman–Crippen MR) is 196 cm³/mol. The van der Waals surface area contributed by atoms with Crippen LogP contribution in [0.2, 0.25) is 0 Å². The highest BCUT2D eigenvalue weighted by molar-refractivity contribution is 5.97. The van der Waals surface area contributed by atoms with Gasteiger partial charge in [0.2, 0.25) is 53.2 Å². The maximum absolute atomic E-state index is 13.2. The molecule has 9 amide bonds. The van der Waals surface area contributed by atoms with Gasteiger partial charge in [-0.2, -0.15) is 0 Å². The lowest BCUT2D eigenvalue weighted by Gasteiger charge is -2.24. The lowest BCUT2D eigenvalue weighted by atomic mass is 10.1. The summed E-state index contributed by atoms with van der Waals surface area (Å²) in [6, 6.07) is -11.1. The van der Waals surface area contributed by atoms with Crippen molar-refractivity contribution >= 4 is 65.1 Å². The molecule has 24 nitrogen and oxygen atoms in total. The number of carboxylic acid groups (broad SMARTS) is 1. The van der Waals surface area contributed by atoms with E-state index in [1.165, 1.54) is 55.4 Å². The van der Waals surface area contributed by atoms with Crippen LogP contribution in [0.5, 0.6) is 0 Å². The summed E-state index contributed by atoms with van der Waals surface area (Å²) < 4.78 is 0. The lowest BCUT2D eigenvalue weighted by Crippen LogP contribution is -2.78. The Kier molecular flexibility index (Phi) is 21.7. The van der Waals surface area contributed by atoms with Crippen molar-refractivity contribution in [2.75, 3.05) is 13.2 Å². The van der Waals surface area contributed by atoms with Crippen molar-refractivity contribution in [2.45, 2.75) is 123 Å². The fourth-order valence-corrected chi connectivity index (χ4v) is 4.34. The molecule has 16 N–H and O–H groups in total. The van der Waals surface area contributed by atoms with E-state index in [4.69, 9.17) is 16.6 Å². The van der Waals surface area contributed by atoms with Crippen molar-refractivity contribution in [1.29, 1.82) is 0 Å². The minimum absolute atomic E-state index is 0.0349. The number of hydrogen-bond donors (Lipinski definition) is 14. The van der Waals surface area contributed by atoms with Crippen LogP contribution in [-0.2, 0) is 47.9 Å². The topological polar surface area (TPSA) is 385 Å². The molecule has 0 aromatic carbocycles. The second kappa shape index (κ2) is 24.4. The van der Waals surface area contributed by atoms with Crippen molar-refractivity contribution in [1.82, 2.24) is 47.9 Å². The van der Waals surface area contributed by atoms with E-state index in [0.717, 1.165) is 0 Å². The Morgan fingerprint density at radius 1 is 0.482 bits per heavy atom. The standard InChI is InChI=1S/C32H56N12O12/c1-13(36-20(8)46)23(47)38-17(5)27(51)43-21(10-9-11-35-32(33)34)29(53)40-15(3)25(49)37-14(2)24(48)39-18(6)28(52)44-22(12-45)30(54)41-16(4)26(50)42-19(7)31(55)56/h13-19,21-22,45H,9-12H2,1-8H3,(H,36,46)(H,37,49)(H,38,47)(H,39,48)(H,40,53)(H,41,54)(H,42,50)(H,43,51)(H,44,52)(H,55,56)(H4,33,34,35)/p+1. The molecule has 0 aliphatic rings. The number of carbonyl (C=O) groups excluding carboxylic acids is 9. The zero-order chi connectivity index (χ0) is 43.4. The highest BCUT2D eigenvalue weighted by Gasteiger charge is 2.30. The number of carbonyl (C=O) groups is 10. The Morgan fingerprint density at radius 3 is 1.12 bits per heavy atom. The number of aliphatic hydroxyl groups is 1. The van der Waals surface area contributed by atoms with Gasteiger partial charge in [0.15, 0.2) is 0 Å². The Bertz CT molecular complexity index is 1490. The van der Waals surface area contributed by atoms with Gasteiger partial charge in [-0.3, -0.25) is 64.4 Å². The fourth-order valence-electron chi connectivity index (χ4n) is 4.34. The summed E-state index contributed by atoms with van der Waals surface area (Å²) in [7, 11) is 0. The van der Waals surface area contributed by atoms with E-state index in [1.54, 1.807) is 0 Å². The minimum Gasteiger partial charge on any atom is -0.480 e. The molecule has 0 aliphatic heterocycles. The van der Waals surface area contributed by atoms with Gasteiger partial charge >= 0.3 is 11.9 Å². The molecule has 0 fully saturated rings. The van der Waals surface area contributed by atoms with Crippen LogP contribution in [0.1, 0.15) is 68.2 Å². The molecule has 0 bridgehead atoms. The van der Waals surface area contributed by atoms with Gasteiger partial charge in [0, 0.05) is 6.92 Å². The van der Waals surface area contributed by atoms with Crippen LogP contribution in [-0.4, -0.2) is 143 Å². The normalized spacial score (nSPS) is 15.4. The largest absolute Gasteiger partial charge is 0.480 e. The van der Waals surface area contributed by atoms with E-state index in [-0.39, 0.29) is 25.3 Å². The van der Waals surface area contributed by atoms with Crippen molar-refractivity contribution in [3.8, 4) is 0 Å². The quantitative estimate of drug-likeness (QED) is 0.0259. The third kappa shape index (κ3) is 18.8. The Labute approximate surface area is 323 Å². The lowest BCUT2D eigenvalue weighted by molar-refractivity contribution is -0.459. The van der Waals surface area contributed by atoms with Gasteiger partial charge in [0.05, 0.1) is 13.2 Å². The van der Waals surface area contributed by atoms with Crippen molar-refractivity contribution < 1.29 is 63.2 Å². The average Bonchev–Trinajstić information content (AvgIpc) is 3.10. The molecule has 9 unspecified atom stereocenters. The number of nitrogens with two attached hydrogens (primary N) is 2. The Balaban J connectivity index is 5.36. The van der Waals surface area contributed by atoms with Crippen LogP contribution in [0, 0.1) is 0 Å². The van der Waals surface area contributed by atoms with E-state index in [2.05, 4.69) is 52.8 Å². The van der Waals surface area contributed by atoms with Crippen LogP contribution in [0.4, 0.5) is 0 Å². The number of rotatable bonds is 23. The van der Waals surface area contributed by atoms with Gasteiger partial charge in [-0.05, 0) is 61.3 Å². The van der Waals surface area contributed by atoms with Crippen LogP contribution in [0.25, 0.3) is 0 Å². The SMILES string of the molecule is CC(=O)NC(C)C(=O)NC(C)C(=O)NC(CCC[NH+]=C(N)N)C(=O)NC(C)C(=O)NC(C)C(=O)NC(C)C(=O)NC(CO)C(=O)NC(C)C(=O)NC(C)C(=O)O. The molecule has 0 saturated heterocycles. The van der Waals surface area contributed by atoms with Gasteiger partial charge in [-0.15, -0.1) is 0 Å². The second-order valence-corrected chi connectivity index (χ2v) is 13.0. The van der Waals surface area contributed by atoms with Crippen molar-refractivity contribution in [2.24, 2.45) is 11.5 Å². The van der Waals surface area contributed by atoms with Gasteiger partial charge in [0.25, 0.3) is 0 Å². The number of guanidine groups is 1. The van der Waals surface area contributed by atoms with Gasteiger partial charge < -0.3 is 58.1 Å². The number of hydrogen-bond acceptors (Lipinski definition) is 11. The zero-order valence-corrected chi connectivity index (χ0v) is 32.7. The zero-order valence-electron chi connectivity index (χ0n) is 32.7. The second-order valence-electron chi connectivity index (χ2n) is 13.0. The van der Waals surface area contributed by atoms with Crippen molar-refractivity contribution in [3.63, 3.8) is 0 Å². The third-order valence-electron chi connectivity index (χ3n) is 7.75. The molecule has 0 aliphatic carbocycles. The number of carboxylic acids is 1. The minimum atomic E-state index is -1.56. The smallest absolute Gasteiger partial charge is 0.338 e. The Hall–Kier alpha value is -6.07. The van der Waals surface area contributed by atoms with Gasteiger partial charge in [-0.1, -0.05) is 0 Å². The van der Waals surface area contributed by atoms with E-state index >= 15 is 0 Å². The van der Waals surface area contributed by atoms with Gasteiger partial charge in [0.1, 0.15) is 54.4 Å². The van der Waals surface area contributed by atoms with Crippen LogP contribution in [0.15, 0.2) is 0 Å². The first-order valence-corrected chi connectivity index (χ1v) is 17.6. The molecular weight excluding hydrogens is 744 g/mol. The number of aliphatic carboxylic acids is 1. The summed E-state index contributed by atoms with van der Waals surface area (Å²) in [6.07, 6.45) is 0.307. The monoisotopic (exact) mass is 801 g/mol. The van der Waals surface area contributed by atoms with E-state index < -0.39 is 120 Å². The molecule has 0 radical (unpaired) electrons. The van der Waals surface area contributed by atoms with Crippen LogP contribution >= 0.6 is 0 Å². The van der Waals surface area contributed by atoms with Gasteiger partial charge in [-0.25, -0.2) is 0 Å². The summed E-state index contributed by atoms with van der Waals surface area (Å²) in [5.41, 5.74) is 10.8. The maximum Gasteiger partial charge on any atom is 0.338 e. The maximum atomic E-state index is 13.2. The van der Waals surface area contributed by atoms with Crippen LogP contribution < -0.4 is 64.3 Å². The highest BCUT2D eigenvalue weighted by atomic mass is 16.4. The molecular formula is C32H57N12O12+. The molecule has 0 saturated carbocycles. The van der Waals surface area contributed by atoms with E-state index in [1.807, 2.05) is 0 Å². The molecule has 24 heteroatoms.